The van der Waals surface area contributed by atoms with Crippen LogP contribution in [0.15, 0.2) is 24.3 Å². The van der Waals surface area contributed by atoms with Gasteiger partial charge in [0.15, 0.2) is 0 Å². The van der Waals surface area contributed by atoms with Gasteiger partial charge in [-0.1, -0.05) is 26.0 Å². The molecule has 1 aromatic carbocycles. The number of carbonyl (C=O) groups excluding carboxylic acids is 1. The van der Waals surface area contributed by atoms with Gasteiger partial charge in [0.05, 0.1) is 0 Å². The van der Waals surface area contributed by atoms with E-state index in [2.05, 4.69) is 6.92 Å². The summed E-state index contributed by atoms with van der Waals surface area (Å²) in [5, 5.41) is 0. The van der Waals surface area contributed by atoms with Crippen LogP contribution in [-0.4, -0.2) is 30.4 Å². The molecule has 1 heterocycles. The first-order chi connectivity index (χ1) is 9.43. The molecule has 2 N–H and O–H groups in total. The van der Waals surface area contributed by atoms with Crippen molar-refractivity contribution in [2.45, 2.75) is 32.6 Å². The molecule has 0 spiro atoms. The number of amides is 1. The first kappa shape index (κ1) is 17.9. The Kier molecular flexibility index (Phi) is 6.17. The minimum absolute atomic E-state index is 0. The smallest absolute Gasteiger partial charge is 0.223 e. The molecule has 0 saturated carbocycles. The zero-order valence-corrected chi connectivity index (χ0v) is 13.5. The number of benzene rings is 1. The molecule has 0 aliphatic carbocycles. The molecule has 21 heavy (non-hydrogen) atoms. The summed E-state index contributed by atoms with van der Waals surface area (Å²) in [5.41, 5.74) is 6.83. The van der Waals surface area contributed by atoms with Gasteiger partial charge in [-0.2, -0.15) is 0 Å². The Morgan fingerprint density at radius 3 is 2.57 bits per heavy atom. The van der Waals surface area contributed by atoms with Crippen LogP contribution in [0, 0.1) is 11.2 Å². The van der Waals surface area contributed by atoms with Gasteiger partial charge in [-0.25, -0.2) is 4.39 Å². The van der Waals surface area contributed by atoms with Crippen molar-refractivity contribution in [1.29, 1.82) is 0 Å². The molecule has 1 aromatic rings. The average Bonchev–Trinajstić information content (AvgIpc) is 2.83. The van der Waals surface area contributed by atoms with Gasteiger partial charge in [0.1, 0.15) is 5.82 Å². The number of likely N-dealkylation sites (tertiary alicyclic amines) is 1. The highest BCUT2D eigenvalue weighted by atomic mass is 35.5. The van der Waals surface area contributed by atoms with Gasteiger partial charge in [-0.05, 0) is 42.0 Å². The molecule has 1 saturated heterocycles. The Hall–Kier alpha value is -1.13. The number of nitrogens with two attached hydrogens (primary N) is 1. The Balaban J connectivity index is 0.00000220. The number of halogens is 2. The third-order valence-electron chi connectivity index (χ3n) is 4.32. The first-order valence-electron chi connectivity index (χ1n) is 7.17. The van der Waals surface area contributed by atoms with E-state index in [0.717, 1.165) is 25.1 Å². The summed E-state index contributed by atoms with van der Waals surface area (Å²) in [6, 6.07) is 6.39. The molecular weight excluding hydrogens is 291 g/mol. The molecule has 1 aliphatic rings. The highest BCUT2D eigenvalue weighted by Crippen LogP contribution is 2.30. The molecule has 2 atom stereocenters. The van der Waals surface area contributed by atoms with Crippen molar-refractivity contribution in [3.8, 4) is 0 Å². The third-order valence-corrected chi connectivity index (χ3v) is 4.32. The molecule has 2 rings (SSSR count). The van der Waals surface area contributed by atoms with E-state index in [1.54, 1.807) is 12.1 Å². The van der Waals surface area contributed by atoms with Gasteiger partial charge in [0, 0.05) is 19.5 Å². The fourth-order valence-electron chi connectivity index (χ4n) is 2.70. The van der Waals surface area contributed by atoms with E-state index in [4.69, 9.17) is 5.73 Å². The van der Waals surface area contributed by atoms with Gasteiger partial charge in [-0.15, -0.1) is 12.4 Å². The number of carbonyl (C=O) groups is 1. The molecule has 0 radical (unpaired) electrons. The van der Waals surface area contributed by atoms with Crippen molar-refractivity contribution in [2.24, 2.45) is 11.1 Å². The van der Waals surface area contributed by atoms with Gasteiger partial charge in [-0.3, -0.25) is 4.79 Å². The molecule has 2 unspecified atom stereocenters. The van der Waals surface area contributed by atoms with Gasteiger partial charge in [0.25, 0.3) is 0 Å². The second-order valence-corrected chi connectivity index (χ2v) is 6.24. The molecule has 0 bridgehead atoms. The molecule has 118 valence electrons. The lowest BCUT2D eigenvalue weighted by molar-refractivity contribution is -0.130. The van der Waals surface area contributed by atoms with Crippen molar-refractivity contribution in [1.82, 2.24) is 4.90 Å². The number of hydrogen-bond acceptors (Lipinski definition) is 2. The third kappa shape index (κ3) is 4.42. The Morgan fingerprint density at radius 2 is 2.05 bits per heavy atom. The standard InChI is InChI=1S/C16H23FN2O.ClH/c1-12(13-3-5-14(17)6-4-13)9-15(20)19-8-7-16(2,10-18)11-19;/h3-6,12H,7-11,18H2,1-2H3;1H. The molecule has 1 amide bonds. The van der Waals surface area contributed by atoms with E-state index in [1.165, 1.54) is 12.1 Å². The summed E-state index contributed by atoms with van der Waals surface area (Å²) >= 11 is 0. The van der Waals surface area contributed by atoms with Crippen LogP contribution in [0.3, 0.4) is 0 Å². The topological polar surface area (TPSA) is 46.3 Å². The van der Waals surface area contributed by atoms with E-state index in [1.807, 2.05) is 11.8 Å². The van der Waals surface area contributed by atoms with Crippen molar-refractivity contribution < 1.29 is 9.18 Å². The van der Waals surface area contributed by atoms with E-state index in [0.29, 0.717) is 13.0 Å². The van der Waals surface area contributed by atoms with Crippen molar-refractivity contribution >= 4 is 18.3 Å². The number of nitrogens with zero attached hydrogens (tertiary/aromatic N) is 1. The molecule has 1 aliphatic heterocycles. The number of hydrogen-bond donors (Lipinski definition) is 1. The van der Waals surface area contributed by atoms with Gasteiger partial charge in [0.2, 0.25) is 5.91 Å². The van der Waals surface area contributed by atoms with Crippen LogP contribution < -0.4 is 5.73 Å². The summed E-state index contributed by atoms with van der Waals surface area (Å²) < 4.78 is 12.9. The predicted molar refractivity (Wildman–Crippen MR) is 85.0 cm³/mol. The summed E-state index contributed by atoms with van der Waals surface area (Å²) in [6.07, 6.45) is 1.44. The largest absolute Gasteiger partial charge is 0.342 e. The van der Waals surface area contributed by atoms with Crippen LogP contribution in [0.25, 0.3) is 0 Å². The second-order valence-electron chi connectivity index (χ2n) is 6.24. The van der Waals surface area contributed by atoms with Crippen LogP contribution in [-0.2, 0) is 4.79 Å². The summed E-state index contributed by atoms with van der Waals surface area (Å²) in [6.45, 7) is 6.29. The zero-order chi connectivity index (χ0) is 14.8. The SMILES string of the molecule is CC(CC(=O)N1CCC(C)(CN)C1)c1ccc(F)cc1.Cl. The maximum absolute atomic E-state index is 12.9. The van der Waals surface area contributed by atoms with Crippen molar-refractivity contribution in [2.75, 3.05) is 19.6 Å². The van der Waals surface area contributed by atoms with Crippen LogP contribution in [0.5, 0.6) is 0 Å². The highest BCUT2D eigenvalue weighted by molar-refractivity contribution is 5.85. The van der Waals surface area contributed by atoms with Crippen LogP contribution in [0.1, 0.15) is 38.2 Å². The fraction of sp³-hybridized carbons (Fsp3) is 0.562. The predicted octanol–water partition coefficient (Wildman–Crippen LogP) is 2.94. The molecule has 1 fully saturated rings. The fourth-order valence-corrected chi connectivity index (χ4v) is 2.70. The second kappa shape index (κ2) is 7.23. The maximum atomic E-state index is 12.9. The average molecular weight is 315 g/mol. The molecule has 3 nitrogen and oxygen atoms in total. The Bertz CT molecular complexity index is 480. The molecular formula is C16H24ClFN2O. The zero-order valence-electron chi connectivity index (χ0n) is 12.6. The summed E-state index contributed by atoms with van der Waals surface area (Å²) in [4.78, 5) is 14.2. The number of rotatable bonds is 4. The van der Waals surface area contributed by atoms with E-state index in [-0.39, 0.29) is 35.5 Å². The lowest BCUT2D eigenvalue weighted by Gasteiger charge is -2.23. The molecule has 5 heteroatoms. The lowest BCUT2D eigenvalue weighted by atomic mass is 9.90. The van der Waals surface area contributed by atoms with E-state index >= 15 is 0 Å². The Morgan fingerprint density at radius 1 is 1.43 bits per heavy atom. The monoisotopic (exact) mass is 314 g/mol. The van der Waals surface area contributed by atoms with E-state index in [9.17, 15) is 9.18 Å². The minimum Gasteiger partial charge on any atom is -0.342 e. The van der Waals surface area contributed by atoms with Gasteiger partial charge < -0.3 is 10.6 Å². The van der Waals surface area contributed by atoms with Gasteiger partial charge >= 0.3 is 0 Å². The van der Waals surface area contributed by atoms with Crippen LogP contribution in [0.2, 0.25) is 0 Å². The van der Waals surface area contributed by atoms with E-state index < -0.39 is 0 Å². The quantitative estimate of drug-likeness (QED) is 0.928. The normalized spacial score (nSPS) is 22.8. The highest BCUT2D eigenvalue weighted by Gasteiger charge is 2.34. The van der Waals surface area contributed by atoms with Crippen LogP contribution in [0.4, 0.5) is 4.39 Å². The minimum atomic E-state index is -0.245. The van der Waals surface area contributed by atoms with Crippen molar-refractivity contribution in [3.05, 3.63) is 35.6 Å². The lowest BCUT2D eigenvalue weighted by Crippen LogP contribution is -2.34. The van der Waals surface area contributed by atoms with Crippen molar-refractivity contribution in [3.63, 3.8) is 0 Å². The van der Waals surface area contributed by atoms with Crippen LogP contribution >= 0.6 is 12.4 Å². The first-order valence-corrected chi connectivity index (χ1v) is 7.17. The summed E-state index contributed by atoms with van der Waals surface area (Å²) in [5.74, 6) is 0.0253. The summed E-state index contributed by atoms with van der Waals surface area (Å²) in [7, 11) is 0. The maximum Gasteiger partial charge on any atom is 0.223 e. The molecule has 0 aromatic heterocycles. The Labute approximate surface area is 132 Å².